The molecule has 2 N–H and O–H groups in total. The monoisotopic (exact) mass is 296 g/mol. The van der Waals surface area contributed by atoms with Crippen LogP contribution in [0.5, 0.6) is 0 Å². The highest BCUT2D eigenvalue weighted by atomic mass is 16.4. The number of nitrogens with one attached hydrogen (secondary N) is 1. The largest absolute Gasteiger partial charge is 0.480 e. The fourth-order valence-corrected chi connectivity index (χ4v) is 4.01. The molecule has 0 aromatic heterocycles. The van der Waals surface area contributed by atoms with Gasteiger partial charge in [0, 0.05) is 11.6 Å². The van der Waals surface area contributed by atoms with Gasteiger partial charge in [-0.1, -0.05) is 26.2 Å². The fraction of sp³-hybridized carbons (Fsp3) is 0.875. The molecule has 21 heavy (non-hydrogen) atoms. The Morgan fingerprint density at radius 3 is 2.57 bits per heavy atom. The van der Waals surface area contributed by atoms with Crippen LogP contribution in [0.25, 0.3) is 0 Å². The van der Waals surface area contributed by atoms with E-state index < -0.39 is 12.0 Å². The fourth-order valence-electron chi connectivity index (χ4n) is 4.01. The molecule has 2 amide bonds. The van der Waals surface area contributed by atoms with Gasteiger partial charge >= 0.3 is 12.0 Å². The minimum Gasteiger partial charge on any atom is -0.480 e. The summed E-state index contributed by atoms with van der Waals surface area (Å²) in [6, 6.07) is -0.747. The zero-order valence-corrected chi connectivity index (χ0v) is 13.4. The molecule has 0 spiro atoms. The van der Waals surface area contributed by atoms with Crippen molar-refractivity contribution in [2.45, 2.75) is 83.3 Å². The van der Waals surface area contributed by atoms with Gasteiger partial charge in [-0.15, -0.1) is 0 Å². The van der Waals surface area contributed by atoms with Gasteiger partial charge in [-0.05, 0) is 45.4 Å². The maximum absolute atomic E-state index is 12.7. The zero-order chi connectivity index (χ0) is 15.6. The smallest absolute Gasteiger partial charge is 0.326 e. The van der Waals surface area contributed by atoms with E-state index in [9.17, 15) is 14.7 Å². The van der Waals surface area contributed by atoms with Gasteiger partial charge in [-0.2, -0.15) is 0 Å². The van der Waals surface area contributed by atoms with E-state index >= 15 is 0 Å². The number of amides is 2. The summed E-state index contributed by atoms with van der Waals surface area (Å²) >= 11 is 0. The second kappa shape index (κ2) is 6.24. The van der Waals surface area contributed by atoms with Crippen LogP contribution in [-0.2, 0) is 4.79 Å². The SMILES string of the molecule is CCCC(C)(C)NC(=O)N1C(C(=O)O)CC2CCCCC21. The van der Waals surface area contributed by atoms with Crippen LogP contribution in [0.4, 0.5) is 4.79 Å². The molecule has 0 aromatic carbocycles. The molecule has 2 aliphatic rings. The average Bonchev–Trinajstić information content (AvgIpc) is 2.77. The third-order valence-electron chi connectivity index (χ3n) is 4.93. The number of hydrogen-bond donors (Lipinski definition) is 2. The van der Waals surface area contributed by atoms with Gasteiger partial charge in [0.2, 0.25) is 0 Å². The van der Waals surface area contributed by atoms with Crippen molar-refractivity contribution in [1.82, 2.24) is 10.2 Å². The molecule has 1 heterocycles. The number of fused-ring (bicyclic) bond motifs is 1. The van der Waals surface area contributed by atoms with E-state index in [2.05, 4.69) is 12.2 Å². The van der Waals surface area contributed by atoms with Gasteiger partial charge in [0.05, 0.1) is 0 Å². The molecule has 2 fully saturated rings. The van der Waals surface area contributed by atoms with E-state index in [1.54, 1.807) is 4.90 Å². The molecule has 1 saturated carbocycles. The van der Waals surface area contributed by atoms with Gasteiger partial charge in [-0.3, -0.25) is 0 Å². The maximum Gasteiger partial charge on any atom is 0.326 e. The first kappa shape index (κ1) is 16.1. The Hall–Kier alpha value is -1.26. The Morgan fingerprint density at radius 1 is 1.29 bits per heavy atom. The van der Waals surface area contributed by atoms with Crippen molar-refractivity contribution in [3.63, 3.8) is 0 Å². The number of carboxylic acids is 1. The van der Waals surface area contributed by atoms with Crippen LogP contribution in [0.1, 0.15) is 65.7 Å². The van der Waals surface area contributed by atoms with E-state index in [1.807, 2.05) is 13.8 Å². The van der Waals surface area contributed by atoms with Gasteiger partial charge < -0.3 is 15.3 Å². The predicted molar refractivity (Wildman–Crippen MR) is 81.1 cm³/mol. The lowest BCUT2D eigenvalue weighted by Gasteiger charge is -2.36. The van der Waals surface area contributed by atoms with E-state index in [0.717, 1.165) is 38.5 Å². The van der Waals surface area contributed by atoms with E-state index in [1.165, 1.54) is 0 Å². The van der Waals surface area contributed by atoms with Crippen LogP contribution in [0, 0.1) is 5.92 Å². The summed E-state index contributed by atoms with van der Waals surface area (Å²) in [6.07, 6.45) is 6.73. The van der Waals surface area contributed by atoms with Crippen molar-refractivity contribution >= 4 is 12.0 Å². The summed E-state index contributed by atoms with van der Waals surface area (Å²) in [5.74, 6) is -0.507. The van der Waals surface area contributed by atoms with Crippen LogP contribution in [0.15, 0.2) is 0 Å². The van der Waals surface area contributed by atoms with Gasteiger partial charge in [0.15, 0.2) is 0 Å². The first-order chi connectivity index (χ1) is 9.85. The van der Waals surface area contributed by atoms with Crippen molar-refractivity contribution in [3.8, 4) is 0 Å². The number of likely N-dealkylation sites (tertiary alicyclic amines) is 1. The number of aliphatic carboxylic acids is 1. The van der Waals surface area contributed by atoms with Gasteiger partial charge in [-0.25, -0.2) is 9.59 Å². The number of urea groups is 1. The summed E-state index contributed by atoms with van der Waals surface area (Å²) in [5, 5.41) is 12.5. The Balaban J connectivity index is 2.13. The summed E-state index contributed by atoms with van der Waals surface area (Å²) < 4.78 is 0. The molecule has 3 unspecified atom stereocenters. The number of rotatable bonds is 4. The molecule has 1 aliphatic heterocycles. The van der Waals surface area contributed by atoms with Crippen LogP contribution < -0.4 is 5.32 Å². The third-order valence-corrected chi connectivity index (χ3v) is 4.93. The van der Waals surface area contributed by atoms with Crippen LogP contribution >= 0.6 is 0 Å². The maximum atomic E-state index is 12.7. The second-order valence-corrected chi connectivity index (χ2v) is 7.17. The Labute approximate surface area is 127 Å². The average molecular weight is 296 g/mol. The molecule has 5 heteroatoms. The van der Waals surface area contributed by atoms with Gasteiger partial charge in [0.1, 0.15) is 6.04 Å². The van der Waals surface area contributed by atoms with Crippen LogP contribution in [-0.4, -0.2) is 39.6 Å². The summed E-state index contributed by atoms with van der Waals surface area (Å²) in [7, 11) is 0. The quantitative estimate of drug-likeness (QED) is 0.838. The molecular weight excluding hydrogens is 268 g/mol. The number of carbonyl (C=O) groups is 2. The molecule has 0 radical (unpaired) electrons. The first-order valence-electron chi connectivity index (χ1n) is 8.19. The van der Waals surface area contributed by atoms with E-state index in [0.29, 0.717) is 12.3 Å². The van der Waals surface area contributed by atoms with Crippen LogP contribution in [0.3, 0.4) is 0 Å². The molecule has 0 aromatic rings. The van der Waals surface area contributed by atoms with E-state index in [4.69, 9.17) is 0 Å². The van der Waals surface area contributed by atoms with Crippen LogP contribution in [0.2, 0.25) is 0 Å². The Kier molecular flexibility index (Phi) is 4.79. The van der Waals surface area contributed by atoms with Crippen molar-refractivity contribution in [1.29, 1.82) is 0 Å². The Bertz CT molecular complexity index is 408. The number of carboxylic acid groups (broad SMARTS) is 1. The zero-order valence-electron chi connectivity index (χ0n) is 13.4. The van der Waals surface area contributed by atoms with E-state index in [-0.39, 0.29) is 17.6 Å². The first-order valence-corrected chi connectivity index (χ1v) is 8.19. The summed E-state index contributed by atoms with van der Waals surface area (Å²) in [5.41, 5.74) is -0.290. The second-order valence-electron chi connectivity index (χ2n) is 7.17. The van der Waals surface area contributed by atoms with Crippen molar-refractivity contribution in [3.05, 3.63) is 0 Å². The predicted octanol–water partition coefficient (Wildman–Crippen LogP) is 2.99. The number of carbonyl (C=O) groups excluding carboxylic acids is 1. The molecular formula is C16H28N2O3. The molecule has 2 rings (SSSR count). The van der Waals surface area contributed by atoms with Crippen molar-refractivity contribution in [2.75, 3.05) is 0 Å². The Morgan fingerprint density at radius 2 is 1.95 bits per heavy atom. The lowest BCUT2D eigenvalue weighted by molar-refractivity contribution is -0.141. The summed E-state index contributed by atoms with van der Waals surface area (Å²) in [4.78, 5) is 25.8. The highest BCUT2D eigenvalue weighted by molar-refractivity contribution is 5.84. The minimum atomic E-state index is -0.868. The third kappa shape index (κ3) is 3.50. The molecule has 120 valence electrons. The molecule has 1 aliphatic carbocycles. The molecule has 0 bridgehead atoms. The standard InChI is InChI=1S/C16H28N2O3/c1-4-9-16(2,3)17-15(21)18-12-8-6-5-7-11(12)10-13(18)14(19)20/h11-13H,4-10H2,1-3H3,(H,17,21)(H,19,20). The normalized spacial score (nSPS) is 29.1. The summed E-state index contributed by atoms with van der Waals surface area (Å²) in [6.45, 7) is 6.08. The highest BCUT2D eigenvalue weighted by Gasteiger charge is 2.48. The van der Waals surface area contributed by atoms with Crippen molar-refractivity contribution in [2.24, 2.45) is 5.92 Å². The highest BCUT2D eigenvalue weighted by Crippen LogP contribution is 2.40. The van der Waals surface area contributed by atoms with Crippen molar-refractivity contribution < 1.29 is 14.7 Å². The lowest BCUT2D eigenvalue weighted by atomic mass is 9.85. The number of hydrogen-bond acceptors (Lipinski definition) is 2. The molecule has 3 atom stereocenters. The molecule has 5 nitrogen and oxygen atoms in total. The topological polar surface area (TPSA) is 69.6 Å². The minimum absolute atomic E-state index is 0.109. The van der Waals surface area contributed by atoms with Gasteiger partial charge in [0.25, 0.3) is 0 Å². The lowest BCUT2D eigenvalue weighted by Crippen LogP contribution is -2.55. The number of nitrogens with zero attached hydrogens (tertiary/aromatic N) is 1. The molecule has 1 saturated heterocycles.